The van der Waals surface area contributed by atoms with Crippen molar-refractivity contribution in [1.82, 2.24) is 5.32 Å². The van der Waals surface area contributed by atoms with Crippen molar-refractivity contribution in [3.63, 3.8) is 0 Å². The van der Waals surface area contributed by atoms with E-state index in [0.29, 0.717) is 18.7 Å². The summed E-state index contributed by atoms with van der Waals surface area (Å²) in [5, 5.41) is 8.85. The Balaban J connectivity index is 1.33. The Labute approximate surface area is 202 Å². The largest absolute Gasteiger partial charge is 0.494 e. The number of carbonyl (C=O) groups is 2. The highest BCUT2D eigenvalue weighted by atomic mass is 16.5. The third-order valence-electron chi connectivity index (χ3n) is 5.77. The molecule has 3 N–H and O–H groups in total. The van der Waals surface area contributed by atoms with Crippen LogP contribution >= 0.6 is 0 Å². The summed E-state index contributed by atoms with van der Waals surface area (Å²) in [6.07, 6.45) is 8.19. The average molecular weight is 468 g/mol. The smallest absolute Gasteiger partial charge is 0.251 e. The Kier molecular flexibility index (Phi) is 10.7. The molecule has 1 heterocycles. The van der Waals surface area contributed by atoms with Gasteiger partial charge in [-0.2, -0.15) is 0 Å². The van der Waals surface area contributed by atoms with Crippen molar-refractivity contribution in [2.75, 3.05) is 36.9 Å². The van der Waals surface area contributed by atoms with Gasteiger partial charge in [0.05, 0.1) is 19.3 Å². The van der Waals surface area contributed by atoms with E-state index >= 15 is 0 Å². The van der Waals surface area contributed by atoms with E-state index in [0.717, 1.165) is 43.0 Å². The predicted molar refractivity (Wildman–Crippen MR) is 136 cm³/mol. The van der Waals surface area contributed by atoms with Gasteiger partial charge < -0.3 is 25.4 Å². The second-order valence-electron chi connectivity index (χ2n) is 8.61. The van der Waals surface area contributed by atoms with Gasteiger partial charge in [-0.3, -0.25) is 9.59 Å². The van der Waals surface area contributed by atoms with Gasteiger partial charge in [0.25, 0.3) is 5.91 Å². The maximum atomic E-state index is 12.3. The van der Waals surface area contributed by atoms with Crippen LogP contribution in [0.5, 0.6) is 5.75 Å². The topological polar surface area (TPSA) is 88.7 Å². The molecule has 34 heavy (non-hydrogen) atoms. The molecule has 2 amide bonds. The number of anilines is 2. The fourth-order valence-electron chi connectivity index (χ4n) is 3.77. The van der Waals surface area contributed by atoms with Crippen LogP contribution in [0.1, 0.15) is 62.2 Å². The van der Waals surface area contributed by atoms with Crippen molar-refractivity contribution in [3.05, 3.63) is 54.1 Å². The Morgan fingerprint density at radius 1 is 0.971 bits per heavy atom. The third-order valence-corrected chi connectivity index (χ3v) is 5.77. The molecule has 0 spiro atoms. The molecular weight excluding hydrogens is 430 g/mol. The molecule has 1 fully saturated rings. The first-order valence-corrected chi connectivity index (χ1v) is 12.4. The van der Waals surface area contributed by atoms with Gasteiger partial charge in [-0.1, -0.05) is 32.6 Å². The predicted octanol–water partition coefficient (Wildman–Crippen LogP) is 5.00. The first-order valence-electron chi connectivity index (χ1n) is 12.4. The van der Waals surface area contributed by atoms with Gasteiger partial charge in [-0.15, -0.1) is 0 Å². The molecule has 1 aliphatic heterocycles. The lowest BCUT2D eigenvalue weighted by Gasteiger charge is -2.12. The minimum atomic E-state index is -0.150. The van der Waals surface area contributed by atoms with Crippen LogP contribution in [0.15, 0.2) is 48.5 Å². The fraction of sp³-hybridized carbons (Fsp3) is 0.481. The van der Waals surface area contributed by atoms with Gasteiger partial charge in [0, 0.05) is 30.1 Å². The van der Waals surface area contributed by atoms with Crippen molar-refractivity contribution in [2.45, 2.75) is 58.0 Å². The number of rotatable bonds is 14. The number of benzene rings is 2. The van der Waals surface area contributed by atoms with Crippen LogP contribution in [0.2, 0.25) is 0 Å². The summed E-state index contributed by atoms with van der Waals surface area (Å²) in [6, 6.07) is 14.5. The van der Waals surface area contributed by atoms with Crippen LogP contribution in [0.25, 0.3) is 0 Å². The molecule has 2 aromatic carbocycles. The Bertz CT molecular complexity index is 878. The first kappa shape index (κ1) is 25.6. The van der Waals surface area contributed by atoms with E-state index in [1.807, 2.05) is 24.3 Å². The van der Waals surface area contributed by atoms with E-state index in [2.05, 4.69) is 22.9 Å². The zero-order chi connectivity index (χ0) is 24.0. The third kappa shape index (κ3) is 9.06. The Morgan fingerprint density at radius 3 is 2.41 bits per heavy atom. The van der Waals surface area contributed by atoms with Crippen LogP contribution < -0.4 is 20.7 Å². The molecule has 7 heteroatoms. The molecule has 3 rings (SSSR count). The van der Waals surface area contributed by atoms with E-state index in [4.69, 9.17) is 9.47 Å². The number of amides is 2. The molecule has 1 aliphatic rings. The molecule has 2 aromatic rings. The molecule has 184 valence electrons. The van der Waals surface area contributed by atoms with E-state index in [1.54, 1.807) is 24.3 Å². The summed E-state index contributed by atoms with van der Waals surface area (Å²) >= 11 is 0. The second kappa shape index (κ2) is 14.3. The molecule has 1 unspecified atom stereocenters. The van der Waals surface area contributed by atoms with Gasteiger partial charge in [-0.05, 0) is 67.8 Å². The summed E-state index contributed by atoms with van der Waals surface area (Å²) in [4.78, 5) is 24.5. The highest BCUT2D eigenvalue weighted by molar-refractivity contribution is 5.95. The molecule has 0 aromatic heterocycles. The van der Waals surface area contributed by atoms with Crippen molar-refractivity contribution < 1.29 is 19.1 Å². The molecule has 1 atom stereocenters. The molecule has 0 aliphatic carbocycles. The zero-order valence-corrected chi connectivity index (χ0v) is 20.1. The highest BCUT2D eigenvalue weighted by Crippen LogP contribution is 2.17. The SMILES string of the molecule is CCCCCCCOc1ccc(NC(=O)CNc2ccc(C(=O)NCC3CCCO3)cc2)cc1. The summed E-state index contributed by atoms with van der Waals surface area (Å²) in [6.45, 7) is 4.36. The van der Waals surface area contributed by atoms with E-state index in [1.165, 1.54) is 25.7 Å². The number of nitrogens with one attached hydrogen (secondary N) is 3. The summed E-state index contributed by atoms with van der Waals surface area (Å²) in [7, 11) is 0. The van der Waals surface area contributed by atoms with Crippen molar-refractivity contribution in [2.24, 2.45) is 0 Å². The lowest BCUT2D eigenvalue weighted by molar-refractivity contribution is -0.114. The molecule has 0 bridgehead atoms. The standard InChI is InChI=1S/C27H37N3O4/c1-2-3-4-5-6-17-33-24-15-13-23(14-16-24)30-26(31)20-28-22-11-9-21(10-12-22)27(32)29-19-25-8-7-18-34-25/h9-16,25,28H,2-8,17-20H2,1H3,(H,29,32)(H,30,31). The number of hydrogen-bond acceptors (Lipinski definition) is 5. The average Bonchev–Trinajstić information content (AvgIpc) is 3.38. The number of hydrogen-bond donors (Lipinski definition) is 3. The lowest BCUT2D eigenvalue weighted by atomic mass is 10.2. The maximum Gasteiger partial charge on any atom is 0.251 e. The Morgan fingerprint density at radius 2 is 1.71 bits per heavy atom. The Hall–Kier alpha value is -3.06. The first-order chi connectivity index (χ1) is 16.6. The molecular formula is C27H37N3O4. The van der Waals surface area contributed by atoms with E-state index in [9.17, 15) is 9.59 Å². The summed E-state index contributed by atoms with van der Waals surface area (Å²) < 4.78 is 11.3. The van der Waals surface area contributed by atoms with Crippen LogP contribution in [-0.4, -0.2) is 44.2 Å². The number of ether oxygens (including phenoxy) is 2. The van der Waals surface area contributed by atoms with Gasteiger partial charge >= 0.3 is 0 Å². The quantitative estimate of drug-likeness (QED) is 0.341. The van der Waals surface area contributed by atoms with Crippen LogP contribution in [0.3, 0.4) is 0 Å². The zero-order valence-electron chi connectivity index (χ0n) is 20.1. The minimum absolute atomic E-state index is 0.118. The number of carbonyl (C=O) groups excluding carboxylic acids is 2. The maximum absolute atomic E-state index is 12.3. The van der Waals surface area contributed by atoms with Crippen molar-refractivity contribution in [3.8, 4) is 5.75 Å². The van der Waals surface area contributed by atoms with Crippen LogP contribution in [-0.2, 0) is 9.53 Å². The minimum Gasteiger partial charge on any atom is -0.494 e. The highest BCUT2D eigenvalue weighted by Gasteiger charge is 2.16. The monoisotopic (exact) mass is 467 g/mol. The van der Waals surface area contributed by atoms with Gasteiger partial charge in [0.15, 0.2) is 0 Å². The fourth-order valence-corrected chi connectivity index (χ4v) is 3.77. The van der Waals surface area contributed by atoms with Gasteiger partial charge in [-0.25, -0.2) is 0 Å². The van der Waals surface area contributed by atoms with Crippen molar-refractivity contribution >= 4 is 23.2 Å². The molecule has 0 saturated carbocycles. The normalized spacial score (nSPS) is 15.0. The van der Waals surface area contributed by atoms with Crippen LogP contribution in [0.4, 0.5) is 11.4 Å². The lowest BCUT2D eigenvalue weighted by Crippen LogP contribution is -2.31. The van der Waals surface area contributed by atoms with Crippen LogP contribution in [0, 0.1) is 0 Å². The van der Waals surface area contributed by atoms with Gasteiger partial charge in [0.1, 0.15) is 5.75 Å². The molecule has 0 radical (unpaired) electrons. The van der Waals surface area contributed by atoms with Crippen molar-refractivity contribution in [1.29, 1.82) is 0 Å². The summed E-state index contributed by atoms with van der Waals surface area (Å²) in [5.41, 5.74) is 2.07. The number of unbranched alkanes of at least 4 members (excludes halogenated alkanes) is 4. The summed E-state index contributed by atoms with van der Waals surface area (Å²) in [5.74, 6) is 0.540. The molecule has 1 saturated heterocycles. The van der Waals surface area contributed by atoms with E-state index < -0.39 is 0 Å². The molecule has 7 nitrogen and oxygen atoms in total. The van der Waals surface area contributed by atoms with E-state index in [-0.39, 0.29) is 24.5 Å². The second-order valence-corrected chi connectivity index (χ2v) is 8.61. The van der Waals surface area contributed by atoms with Gasteiger partial charge in [0.2, 0.25) is 5.91 Å².